The highest BCUT2D eigenvalue weighted by Gasteiger charge is 2.26. The molecule has 4 heteroatoms. The van der Waals surface area contributed by atoms with Gasteiger partial charge in [0.2, 0.25) is 0 Å². The number of aliphatic imine (C=N–C) groups is 1. The van der Waals surface area contributed by atoms with Gasteiger partial charge >= 0.3 is 0 Å². The molecule has 3 nitrogen and oxygen atoms in total. The van der Waals surface area contributed by atoms with Crippen LogP contribution in [0.2, 0.25) is 0 Å². The maximum atomic E-state index is 4.85. The van der Waals surface area contributed by atoms with Crippen LogP contribution in [0.25, 0.3) is 6.08 Å². The molecule has 1 saturated heterocycles. The van der Waals surface area contributed by atoms with Crippen molar-refractivity contribution in [2.75, 3.05) is 25.5 Å². The summed E-state index contributed by atoms with van der Waals surface area (Å²) in [6.45, 7) is 5.36. The molecule has 1 aliphatic heterocycles. The summed E-state index contributed by atoms with van der Waals surface area (Å²) in [6.07, 6.45) is 2.27. The van der Waals surface area contributed by atoms with Crippen LogP contribution in [0.5, 0.6) is 0 Å². The molecule has 0 radical (unpaired) electrons. The lowest BCUT2D eigenvalue weighted by Crippen LogP contribution is -2.31. The van der Waals surface area contributed by atoms with Crippen molar-refractivity contribution in [1.29, 1.82) is 0 Å². The summed E-state index contributed by atoms with van der Waals surface area (Å²) in [5.41, 5.74) is 3.46. The standard InChI is InChI=1S/C21H25N3S/c1-16(2)24-15-20(14-17-10-12-19(13-11-17)23(3)4)25-21(24)22-18-8-6-5-7-9-18/h5-14,16H,15H2,1-4H3. The number of hydrogen-bond acceptors (Lipinski definition) is 3. The molecule has 0 saturated carbocycles. The summed E-state index contributed by atoms with van der Waals surface area (Å²) in [5.74, 6) is 0. The highest BCUT2D eigenvalue weighted by molar-refractivity contribution is 8.17. The third-order valence-corrected chi connectivity index (χ3v) is 5.15. The van der Waals surface area contributed by atoms with Crippen molar-refractivity contribution in [2.24, 2.45) is 4.99 Å². The molecule has 0 spiro atoms. The van der Waals surface area contributed by atoms with E-state index in [9.17, 15) is 0 Å². The van der Waals surface area contributed by atoms with Crippen LogP contribution in [-0.4, -0.2) is 36.7 Å². The SMILES string of the molecule is CC(C)N1CC(=Cc2ccc(N(C)C)cc2)SC1=Nc1ccccc1. The maximum absolute atomic E-state index is 4.85. The lowest BCUT2D eigenvalue weighted by atomic mass is 10.2. The van der Waals surface area contributed by atoms with Crippen molar-refractivity contribution < 1.29 is 0 Å². The second-order valence-electron chi connectivity index (χ2n) is 6.65. The van der Waals surface area contributed by atoms with Gasteiger partial charge in [0.15, 0.2) is 5.17 Å². The van der Waals surface area contributed by atoms with Crippen LogP contribution >= 0.6 is 11.8 Å². The first kappa shape index (κ1) is 17.6. The number of thioether (sulfide) groups is 1. The smallest absolute Gasteiger partial charge is 0.169 e. The van der Waals surface area contributed by atoms with Gasteiger partial charge in [-0.1, -0.05) is 42.1 Å². The molecule has 3 rings (SSSR count). The Morgan fingerprint density at radius 2 is 1.72 bits per heavy atom. The first-order chi connectivity index (χ1) is 12.0. The summed E-state index contributed by atoms with van der Waals surface area (Å²) < 4.78 is 0. The fourth-order valence-corrected chi connectivity index (χ4v) is 3.85. The Morgan fingerprint density at radius 3 is 2.32 bits per heavy atom. The minimum Gasteiger partial charge on any atom is -0.378 e. The predicted octanol–water partition coefficient (Wildman–Crippen LogP) is 5.24. The van der Waals surface area contributed by atoms with E-state index < -0.39 is 0 Å². The Bertz CT molecular complexity index is 761. The van der Waals surface area contributed by atoms with Crippen LogP contribution < -0.4 is 4.90 Å². The Hall–Kier alpha value is -2.20. The van der Waals surface area contributed by atoms with Crippen LogP contribution in [0.4, 0.5) is 11.4 Å². The zero-order valence-corrected chi connectivity index (χ0v) is 16.1. The number of para-hydroxylation sites is 1. The molecular formula is C21H25N3S. The molecule has 0 aromatic heterocycles. The molecule has 2 aromatic rings. The van der Waals surface area contributed by atoms with Crippen molar-refractivity contribution in [2.45, 2.75) is 19.9 Å². The zero-order valence-electron chi connectivity index (χ0n) is 15.3. The first-order valence-electron chi connectivity index (χ1n) is 8.59. The molecular weight excluding hydrogens is 326 g/mol. The molecule has 0 aliphatic carbocycles. The fraction of sp³-hybridized carbons (Fsp3) is 0.286. The van der Waals surface area contributed by atoms with Gasteiger partial charge in [0.1, 0.15) is 0 Å². The van der Waals surface area contributed by atoms with Crippen molar-refractivity contribution in [3.63, 3.8) is 0 Å². The van der Waals surface area contributed by atoms with E-state index in [0.717, 1.165) is 17.4 Å². The van der Waals surface area contributed by atoms with Crippen LogP contribution in [0.1, 0.15) is 19.4 Å². The highest BCUT2D eigenvalue weighted by atomic mass is 32.2. The average molecular weight is 352 g/mol. The topological polar surface area (TPSA) is 18.8 Å². The van der Waals surface area contributed by atoms with E-state index >= 15 is 0 Å². The highest BCUT2D eigenvalue weighted by Crippen LogP contribution is 2.34. The quantitative estimate of drug-likeness (QED) is 0.751. The molecule has 25 heavy (non-hydrogen) atoms. The summed E-state index contributed by atoms with van der Waals surface area (Å²) in [6, 6.07) is 19.3. The molecule has 0 amide bonds. The van der Waals surface area contributed by atoms with E-state index in [2.05, 4.69) is 68.1 Å². The van der Waals surface area contributed by atoms with Gasteiger partial charge in [-0.25, -0.2) is 4.99 Å². The number of amidine groups is 1. The van der Waals surface area contributed by atoms with Crippen molar-refractivity contribution >= 4 is 34.4 Å². The maximum Gasteiger partial charge on any atom is 0.169 e. The number of benzene rings is 2. The summed E-state index contributed by atoms with van der Waals surface area (Å²) in [7, 11) is 4.13. The van der Waals surface area contributed by atoms with Crippen molar-refractivity contribution in [3.05, 3.63) is 65.1 Å². The van der Waals surface area contributed by atoms with E-state index in [1.807, 2.05) is 30.3 Å². The number of rotatable bonds is 4. The summed E-state index contributed by atoms with van der Waals surface area (Å²) in [4.78, 5) is 10.7. The molecule has 0 unspecified atom stereocenters. The third kappa shape index (κ3) is 4.45. The van der Waals surface area contributed by atoms with Crippen LogP contribution in [0.15, 0.2) is 64.5 Å². The molecule has 0 atom stereocenters. The lowest BCUT2D eigenvalue weighted by Gasteiger charge is -2.21. The second-order valence-corrected chi connectivity index (χ2v) is 7.74. The molecule has 0 bridgehead atoms. The third-order valence-electron chi connectivity index (χ3n) is 4.14. The molecule has 1 aliphatic rings. The van der Waals surface area contributed by atoms with Gasteiger partial charge in [-0.15, -0.1) is 0 Å². The van der Waals surface area contributed by atoms with Gasteiger partial charge in [0, 0.05) is 30.7 Å². The molecule has 0 N–H and O–H groups in total. The van der Waals surface area contributed by atoms with Crippen molar-refractivity contribution in [3.8, 4) is 0 Å². The number of nitrogens with zero attached hydrogens (tertiary/aromatic N) is 3. The van der Waals surface area contributed by atoms with E-state index in [1.54, 1.807) is 11.8 Å². The van der Waals surface area contributed by atoms with Gasteiger partial charge in [-0.3, -0.25) is 0 Å². The fourth-order valence-electron chi connectivity index (χ4n) is 2.68. The zero-order chi connectivity index (χ0) is 17.8. The number of hydrogen-bond donors (Lipinski definition) is 0. The normalized spacial score (nSPS) is 17.7. The lowest BCUT2D eigenvalue weighted by molar-refractivity contribution is 0.394. The Kier molecular flexibility index (Phi) is 5.49. The van der Waals surface area contributed by atoms with E-state index in [-0.39, 0.29) is 0 Å². The minimum absolute atomic E-state index is 0.428. The minimum atomic E-state index is 0.428. The largest absolute Gasteiger partial charge is 0.378 e. The van der Waals surface area contributed by atoms with E-state index in [4.69, 9.17) is 4.99 Å². The Balaban J connectivity index is 1.83. The van der Waals surface area contributed by atoms with E-state index in [1.165, 1.54) is 16.2 Å². The second kappa shape index (κ2) is 7.79. The summed E-state index contributed by atoms with van der Waals surface area (Å²) in [5, 5.41) is 1.08. The Morgan fingerprint density at radius 1 is 1.04 bits per heavy atom. The number of anilines is 1. The predicted molar refractivity (Wildman–Crippen MR) is 112 cm³/mol. The monoisotopic (exact) mass is 351 g/mol. The summed E-state index contributed by atoms with van der Waals surface area (Å²) >= 11 is 1.77. The van der Waals surface area contributed by atoms with Gasteiger partial charge in [-0.2, -0.15) is 0 Å². The van der Waals surface area contributed by atoms with Gasteiger partial charge in [0.25, 0.3) is 0 Å². The average Bonchev–Trinajstić information content (AvgIpc) is 2.99. The van der Waals surface area contributed by atoms with Crippen LogP contribution in [0.3, 0.4) is 0 Å². The van der Waals surface area contributed by atoms with Gasteiger partial charge in [-0.05, 0) is 49.8 Å². The van der Waals surface area contributed by atoms with Crippen LogP contribution in [0, 0.1) is 0 Å². The van der Waals surface area contributed by atoms with Gasteiger partial charge in [0.05, 0.1) is 12.2 Å². The molecule has 130 valence electrons. The van der Waals surface area contributed by atoms with Crippen molar-refractivity contribution in [1.82, 2.24) is 4.90 Å². The molecule has 1 heterocycles. The van der Waals surface area contributed by atoms with Gasteiger partial charge < -0.3 is 9.80 Å². The van der Waals surface area contributed by atoms with Crippen LogP contribution in [-0.2, 0) is 0 Å². The van der Waals surface area contributed by atoms with E-state index in [0.29, 0.717) is 6.04 Å². The molecule has 2 aromatic carbocycles. The first-order valence-corrected chi connectivity index (χ1v) is 9.41. The Labute approximate surface area is 155 Å². The molecule has 1 fully saturated rings.